The molecule has 0 aliphatic rings. The van der Waals surface area contributed by atoms with E-state index in [1.165, 1.54) is 6.39 Å². The zero-order chi connectivity index (χ0) is 17.4. The molecule has 4 aromatic rings. The minimum absolute atomic E-state index is 0.371. The predicted molar refractivity (Wildman–Crippen MR) is 99.0 cm³/mol. The number of aromatic nitrogens is 1. The van der Waals surface area contributed by atoms with E-state index in [0.717, 1.165) is 29.7 Å². The first-order valence-corrected chi connectivity index (χ1v) is 8.38. The van der Waals surface area contributed by atoms with Crippen molar-refractivity contribution in [3.63, 3.8) is 0 Å². The summed E-state index contributed by atoms with van der Waals surface area (Å²) in [4.78, 5) is 19.3. The highest BCUT2D eigenvalue weighted by molar-refractivity contribution is 6.03. The molecule has 126 valence electrons. The van der Waals surface area contributed by atoms with Crippen molar-refractivity contribution in [3.05, 3.63) is 59.3 Å². The maximum atomic E-state index is 12.9. The Bertz CT molecular complexity index is 1110. The molecular weight excluding hydrogens is 316 g/mol. The second-order valence-electron chi connectivity index (χ2n) is 5.79. The summed E-state index contributed by atoms with van der Waals surface area (Å²) in [7, 11) is 0. The zero-order valence-corrected chi connectivity index (χ0v) is 14.2. The van der Waals surface area contributed by atoms with Gasteiger partial charge < -0.3 is 13.7 Å². The van der Waals surface area contributed by atoms with Crippen molar-refractivity contribution < 1.29 is 8.83 Å². The second-order valence-corrected chi connectivity index (χ2v) is 5.79. The molecule has 0 bridgehead atoms. The van der Waals surface area contributed by atoms with Crippen molar-refractivity contribution >= 4 is 27.8 Å². The Balaban J connectivity index is 2.16. The molecule has 0 aliphatic heterocycles. The zero-order valence-electron chi connectivity index (χ0n) is 14.2. The molecule has 0 aliphatic carbocycles. The van der Waals surface area contributed by atoms with E-state index in [4.69, 9.17) is 8.83 Å². The van der Waals surface area contributed by atoms with Crippen LogP contribution in [0.1, 0.15) is 13.8 Å². The first-order valence-electron chi connectivity index (χ1n) is 8.38. The average molecular weight is 334 g/mol. The number of fused-ring (bicyclic) bond motifs is 2. The molecule has 5 heteroatoms. The van der Waals surface area contributed by atoms with Gasteiger partial charge in [0.2, 0.25) is 0 Å². The molecule has 2 heterocycles. The molecule has 0 radical (unpaired) electrons. The Morgan fingerprint density at radius 3 is 2.64 bits per heavy atom. The van der Waals surface area contributed by atoms with E-state index in [2.05, 4.69) is 23.7 Å². The van der Waals surface area contributed by atoms with Crippen LogP contribution in [0.3, 0.4) is 0 Å². The van der Waals surface area contributed by atoms with Crippen molar-refractivity contribution in [1.29, 1.82) is 0 Å². The third-order valence-electron chi connectivity index (χ3n) is 4.49. The molecule has 0 N–H and O–H groups in total. The van der Waals surface area contributed by atoms with E-state index in [1.807, 2.05) is 42.5 Å². The lowest BCUT2D eigenvalue weighted by atomic mass is 10.0. The maximum absolute atomic E-state index is 12.9. The quantitative estimate of drug-likeness (QED) is 0.516. The normalized spacial score (nSPS) is 11.3. The van der Waals surface area contributed by atoms with Crippen molar-refractivity contribution in [3.8, 4) is 11.1 Å². The monoisotopic (exact) mass is 334 g/mol. The summed E-state index contributed by atoms with van der Waals surface area (Å²) in [5, 5.41) is 0.914. The molecule has 0 fully saturated rings. The summed E-state index contributed by atoms with van der Waals surface area (Å²) < 4.78 is 11.2. The lowest BCUT2D eigenvalue weighted by molar-refractivity contribution is 0.562. The average Bonchev–Trinajstić information content (AvgIpc) is 3.11. The van der Waals surface area contributed by atoms with E-state index < -0.39 is 0 Å². The van der Waals surface area contributed by atoms with Gasteiger partial charge >= 0.3 is 5.63 Å². The fraction of sp³-hybridized carbons (Fsp3) is 0.200. The Morgan fingerprint density at radius 2 is 1.84 bits per heavy atom. The lowest BCUT2D eigenvalue weighted by Gasteiger charge is -2.25. The smallest absolute Gasteiger partial charge is 0.346 e. The topological polar surface area (TPSA) is 59.5 Å². The molecule has 4 rings (SSSR count). The van der Waals surface area contributed by atoms with Gasteiger partial charge in [-0.25, -0.2) is 9.78 Å². The molecule has 0 saturated heterocycles. The van der Waals surface area contributed by atoms with Crippen LogP contribution in [0.2, 0.25) is 0 Å². The minimum atomic E-state index is -0.371. The number of anilines is 1. The lowest BCUT2D eigenvalue weighted by Crippen LogP contribution is -2.25. The van der Waals surface area contributed by atoms with Gasteiger partial charge in [0.25, 0.3) is 0 Å². The number of nitrogens with zero attached hydrogens (tertiary/aromatic N) is 2. The SMILES string of the molecule is CCN(CC)c1c(-c2cccc3ncoc23)c(=O)oc2ccccc12. The van der Waals surface area contributed by atoms with Gasteiger partial charge in [0.05, 0.1) is 11.3 Å². The molecule has 5 nitrogen and oxygen atoms in total. The molecule has 0 saturated carbocycles. The van der Waals surface area contributed by atoms with Crippen LogP contribution >= 0.6 is 0 Å². The van der Waals surface area contributed by atoms with Gasteiger partial charge in [-0.15, -0.1) is 0 Å². The van der Waals surface area contributed by atoms with Crippen molar-refractivity contribution in [1.82, 2.24) is 4.98 Å². The summed E-state index contributed by atoms with van der Waals surface area (Å²) in [6.07, 6.45) is 1.40. The molecule has 0 amide bonds. The van der Waals surface area contributed by atoms with Crippen LogP contribution < -0.4 is 10.5 Å². The van der Waals surface area contributed by atoms with Crippen LogP contribution in [0.4, 0.5) is 5.69 Å². The van der Waals surface area contributed by atoms with Gasteiger partial charge in [0, 0.05) is 24.0 Å². The predicted octanol–water partition coefficient (Wildman–Crippen LogP) is 4.45. The maximum Gasteiger partial charge on any atom is 0.346 e. The van der Waals surface area contributed by atoms with E-state index in [0.29, 0.717) is 22.3 Å². The first-order chi connectivity index (χ1) is 12.2. The highest BCUT2D eigenvalue weighted by Crippen LogP contribution is 2.37. The number of hydrogen-bond acceptors (Lipinski definition) is 5. The first kappa shape index (κ1) is 15.4. The number of oxazole rings is 1. The summed E-state index contributed by atoms with van der Waals surface area (Å²) in [6.45, 7) is 5.71. The van der Waals surface area contributed by atoms with Crippen LogP contribution in [0.15, 0.2) is 62.5 Å². The highest BCUT2D eigenvalue weighted by Gasteiger charge is 2.22. The molecule has 25 heavy (non-hydrogen) atoms. The van der Waals surface area contributed by atoms with Gasteiger partial charge in [0.1, 0.15) is 11.1 Å². The fourth-order valence-corrected chi connectivity index (χ4v) is 3.32. The van der Waals surface area contributed by atoms with Gasteiger partial charge in [-0.1, -0.05) is 24.3 Å². The van der Waals surface area contributed by atoms with Crippen LogP contribution in [-0.2, 0) is 0 Å². The molecular formula is C20H18N2O3. The van der Waals surface area contributed by atoms with Gasteiger partial charge in [-0.3, -0.25) is 0 Å². The van der Waals surface area contributed by atoms with Crippen molar-refractivity contribution in [2.24, 2.45) is 0 Å². The third kappa shape index (κ3) is 2.39. The number of rotatable bonds is 4. The Kier molecular flexibility index (Phi) is 3.76. The number of para-hydroxylation sites is 2. The van der Waals surface area contributed by atoms with Gasteiger partial charge in [-0.2, -0.15) is 0 Å². The summed E-state index contributed by atoms with van der Waals surface area (Å²) >= 11 is 0. The Morgan fingerprint density at radius 1 is 1.04 bits per heavy atom. The molecule has 2 aromatic heterocycles. The fourth-order valence-electron chi connectivity index (χ4n) is 3.32. The van der Waals surface area contributed by atoms with E-state index in [1.54, 1.807) is 0 Å². The summed E-state index contributed by atoms with van der Waals surface area (Å²) in [5.74, 6) is 0. The van der Waals surface area contributed by atoms with Crippen molar-refractivity contribution in [2.75, 3.05) is 18.0 Å². The van der Waals surface area contributed by atoms with Crippen LogP contribution in [0, 0.1) is 0 Å². The minimum Gasteiger partial charge on any atom is -0.443 e. The molecule has 0 unspecified atom stereocenters. The van der Waals surface area contributed by atoms with Crippen LogP contribution in [-0.4, -0.2) is 18.1 Å². The summed E-state index contributed by atoms with van der Waals surface area (Å²) in [6, 6.07) is 13.2. The van der Waals surface area contributed by atoms with Crippen LogP contribution in [0.25, 0.3) is 33.2 Å². The van der Waals surface area contributed by atoms with E-state index in [-0.39, 0.29) is 5.63 Å². The number of benzene rings is 2. The van der Waals surface area contributed by atoms with Crippen LogP contribution in [0.5, 0.6) is 0 Å². The Labute approximate surface area is 144 Å². The van der Waals surface area contributed by atoms with Crippen molar-refractivity contribution in [2.45, 2.75) is 13.8 Å². The molecule has 0 spiro atoms. The number of hydrogen-bond donors (Lipinski definition) is 0. The standard InChI is InChI=1S/C20H18N2O3/c1-3-22(4-2)18-13-8-5-6-11-16(13)25-20(23)17(18)14-9-7-10-15-19(14)24-12-21-15/h5-12H,3-4H2,1-2H3. The third-order valence-corrected chi connectivity index (χ3v) is 4.49. The summed E-state index contributed by atoms with van der Waals surface area (Å²) in [5.41, 5.74) is 3.63. The van der Waals surface area contributed by atoms with E-state index in [9.17, 15) is 4.79 Å². The van der Waals surface area contributed by atoms with E-state index >= 15 is 0 Å². The molecule has 2 aromatic carbocycles. The Hall–Kier alpha value is -3.08. The van der Waals surface area contributed by atoms with Gasteiger partial charge in [0.15, 0.2) is 12.0 Å². The molecule has 0 atom stereocenters. The largest absolute Gasteiger partial charge is 0.443 e. The second kappa shape index (κ2) is 6.09. The van der Waals surface area contributed by atoms with Gasteiger partial charge in [-0.05, 0) is 32.0 Å². The highest BCUT2D eigenvalue weighted by atomic mass is 16.4.